The summed E-state index contributed by atoms with van der Waals surface area (Å²) in [5.41, 5.74) is 3.66. The highest BCUT2D eigenvalue weighted by atomic mass is 35.5. The third-order valence-electron chi connectivity index (χ3n) is 3.65. The van der Waals surface area contributed by atoms with Crippen molar-refractivity contribution in [1.82, 2.24) is 9.97 Å². The molecule has 3 aromatic rings. The number of hydrogen-bond donors (Lipinski definition) is 2. The summed E-state index contributed by atoms with van der Waals surface area (Å²) in [6.07, 6.45) is 2.56. The third-order valence-corrected chi connectivity index (χ3v) is 4.03. The van der Waals surface area contributed by atoms with E-state index < -0.39 is 34.5 Å². The zero-order valence-electron chi connectivity index (χ0n) is 12.7. The number of carbonyl (C=O) groups is 2. The molecule has 0 spiro atoms. The lowest BCUT2D eigenvalue weighted by atomic mass is 9.99. The fraction of sp³-hybridized carbons (Fsp3) is 0.0625. The lowest BCUT2D eigenvalue weighted by molar-refractivity contribution is 0.0996. The highest BCUT2D eigenvalue weighted by molar-refractivity contribution is 6.38. The highest BCUT2D eigenvalue weighted by Crippen LogP contribution is 2.34. The van der Waals surface area contributed by atoms with Crippen molar-refractivity contribution in [2.45, 2.75) is 0 Å². The number of methoxy groups -OCH3 is 1. The van der Waals surface area contributed by atoms with Crippen LogP contribution in [0, 0.1) is 11.6 Å². The Morgan fingerprint density at radius 1 is 1.28 bits per heavy atom. The lowest BCUT2D eigenvalue weighted by Crippen LogP contribution is -2.17. The monoisotopic (exact) mass is 365 g/mol. The van der Waals surface area contributed by atoms with Gasteiger partial charge in [0.15, 0.2) is 5.75 Å². The molecule has 0 aliphatic rings. The molecule has 9 heteroatoms. The molecule has 0 bridgehead atoms. The molecular weight excluding hydrogens is 356 g/mol. The number of hydrogen-bond acceptors (Lipinski definition) is 4. The molecule has 0 saturated carbocycles. The van der Waals surface area contributed by atoms with E-state index in [2.05, 4.69) is 9.97 Å². The first-order valence-corrected chi connectivity index (χ1v) is 7.26. The van der Waals surface area contributed by atoms with Crippen LogP contribution in [-0.2, 0) is 0 Å². The summed E-state index contributed by atoms with van der Waals surface area (Å²) in [6.45, 7) is 0. The normalized spacial score (nSPS) is 10.9. The number of nitrogens with two attached hydrogens (primary N) is 1. The van der Waals surface area contributed by atoms with Crippen molar-refractivity contribution in [2.24, 2.45) is 5.73 Å². The minimum Gasteiger partial charge on any atom is -0.494 e. The molecule has 6 nitrogen and oxygen atoms in total. The van der Waals surface area contributed by atoms with Crippen molar-refractivity contribution in [2.75, 3.05) is 7.11 Å². The number of ether oxygens (including phenoxy) is 1. The molecule has 1 amide bonds. The Morgan fingerprint density at radius 2 is 2.00 bits per heavy atom. The molecule has 0 unspecified atom stereocenters. The Hall–Kier alpha value is -3.00. The molecule has 2 heterocycles. The minimum atomic E-state index is -1.33. The standard InChI is InChI=1S/C16H10ClF2N3O3/c1-25-9-5-22-16-10(12(9)17)7(4-21-16)14(23)11-8(18)3-2-6(13(11)19)15(20)24/h2-5H,1H3,(H2,20,24)(H,21,22). The fourth-order valence-corrected chi connectivity index (χ4v) is 2.76. The number of benzene rings is 1. The van der Waals surface area contributed by atoms with Gasteiger partial charge in [-0.2, -0.15) is 0 Å². The van der Waals surface area contributed by atoms with E-state index >= 15 is 0 Å². The van der Waals surface area contributed by atoms with Gasteiger partial charge in [0.1, 0.15) is 17.3 Å². The molecule has 128 valence electrons. The predicted octanol–water partition coefficient (Wildman–Crippen LogP) is 2.83. The van der Waals surface area contributed by atoms with E-state index in [1.165, 1.54) is 19.5 Å². The van der Waals surface area contributed by atoms with Gasteiger partial charge in [-0.25, -0.2) is 13.8 Å². The van der Waals surface area contributed by atoms with Crippen LogP contribution in [0.3, 0.4) is 0 Å². The molecule has 0 aliphatic carbocycles. The van der Waals surface area contributed by atoms with Crippen LogP contribution in [0.4, 0.5) is 8.78 Å². The Bertz CT molecular complexity index is 1030. The van der Waals surface area contributed by atoms with Crippen LogP contribution >= 0.6 is 11.6 Å². The maximum Gasteiger partial charge on any atom is 0.251 e. The van der Waals surface area contributed by atoms with E-state index in [1.807, 2.05) is 0 Å². The Kier molecular flexibility index (Phi) is 4.13. The van der Waals surface area contributed by atoms with Gasteiger partial charge >= 0.3 is 0 Å². The SMILES string of the molecule is COc1cnc2[nH]cc(C(=O)c3c(F)ccc(C(N)=O)c3F)c2c1Cl. The molecule has 1 aromatic carbocycles. The highest BCUT2D eigenvalue weighted by Gasteiger charge is 2.27. The molecule has 2 aromatic heterocycles. The van der Waals surface area contributed by atoms with Crippen molar-refractivity contribution in [3.05, 3.63) is 57.9 Å². The van der Waals surface area contributed by atoms with Gasteiger partial charge in [-0.3, -0.25) is 9.59 Å². The topological polar surface area (TPSA) is 98.1 Å². The minimum absolute atomic E-state index is 0.0592. The molecule has 0 atom stereocenters. The van der Waals surface area contributed by atoms with Crippen LogP contribution in [0.25, 0.3) is 11.0 Å². The zero-order chi connectivity index (χ0) is 18.3. The molecular formula is C16H10ClF2N3O3. The zero-order valence-corrected chi connectivity index (χ0v) is 13.4. The van der Waals surface area contributed by atoms with E-state index in [-0.39, 0.29) is 27.4 Å². The second kappa shape index (κ2) is 6.14. The average molecular weight is 366 g/mol. The van der Waals surface area contributed by atoms with Crippen molar-refractivity contribution >= 4 is 34.3 Å². The molecule has 25 heavy (non-hydrogen) atoms. The summed E-state index contributed by atoms with van der Waals surface area (Å²) in [5.74, 6) is -4.41. The largest absolute Gasteiger partial charge is 0.494 e. The summed E-state index contributed by atoms with van der Waals surface area (Å²) in [5, 5.41) is 0.207. The molecule has 0 aliphatic heterocycles. The van der Waals surface area contributed by atoms with Crippen LogP contribution in [0.5, 0.6) is 5.75 Å². The van der Waals surface area contributed by atoms with Gasteiger partial charge in [-0.15, -0.1) is 0 Å². The maximum atomic E-state index is 14.4. The van der Waals surface area contributed by atoms with Gasteiger partial charge in [0.2, 0.25) is 5.78 Å². The number of pyridine rings is 1. The molecule has 3 rings (SSSR count). The molecule has 3 N–H and O–H groups in total. The Balaban J connectivity index is 2.25. The third kappa shape index (κ3) is 2.60. The molecule has 0 fully saturated rings. The number of halogens is 3. The van der Waals surface area contributed by atoms with Gasteiger partial charge in [0, 0.05) is 6.20 Å². The first-order chi connectivity index (χ1) is 11.9. The summed E-state index contributed by atoms with van der Waals surface area (Å²) < 4.78 is 33.5. The predicted molar refractivity (Wildman–Crippen MR) is 86.0 cm³/mol. The molecule has 0 radical (unpaired) electrons. The Morgan fingerprint density at radius 3 is 2.64 bits per heavy atom. The van der Waals surface area contributed by atoms with E-state index in [9.17, 15) is 18.4 Å². The lowest BCUT2D eigenvalue weighted by Gasteiger charge is -2.08. The van der Waals surface area contributed by atoms with Gasteiger partial charge in [0.05, 0.1) is 40.4 Å². The number of fused-ring (bicyclic) bond motifs is 1. The summed E-state index contributed by atoms with van der Waals surface area (Å²) in [4.78, 5) is 30.7. The van der Waals surface area contributed by atoms with Gasteiger partial charge < -0.3 is 15.5 Å². The number of aromatic amines is 1. The molecule has 0 saturated heterocycles. The Labute approximate surface area is 144 Å². The number of H-pyrrole nitrogens is 1. The van der Waals surface area contributed by atoms with Gasteiger partial charge in [-0.1, -0.05) is 11.6 Å². The number of aromatic nitrogens is 2. The van der Waals surface area contributed by atoms with E-state index in [0.29, 0.717) is 0 Å². The summed E-state index contributed by atoms with van der Waals surface area (Å²) >= 11 is 6.18. The number of nitrogens with one attached hydrogen (secondary N) is 1. The van der Waals surface area contributed by atoms with Crippen LogP contribution < -0.4 is 10.5 Å². The first-order valence-electron chi connectivity index (χ1n) is 6.88. The second-order valence-corrected chi connectivity index (χ2v) is 5.42. The van der Waals surface area contributed by atoms with Crippen molar-refractivity contribution in [1.29, 1.82) is 0 Å². The average Bonchev–Trinajstić information content (AvgIpc) is 2.99. The summed E-state index contributed by atoms with van der Waals surface area (Å²) in [6, 6.07) is 1.67. The van der Waals surface area contributed by atoms with Crippen LogP contribution in [0.2, 0.25) is 5.02 Å². The number of ketones is 1. The van der Waals surface area contributed by atoms with Gasteiger partial charge in [-0.05, 0) is 12.1 Å². The van der Waals surface area contributed by atoms with Crippen LogP contribution in [0.15, 0.2) is 24.5 Å². The number of amides is 1. The summed E-state index contributed by atoms with van der Waals surface area (Å²) in [7, 11) is 1.36. The van der Waals surface area contributed by atoms with E-state index in [0.717, 1.165) is 12.1 Å². The van der Waals surface area contributed by atoms with E-state index in [4.69, 9.17) is 22.1 Å². The van der Waals surface area contributed by atoms with Crippen molar-refractivity contribution < 1.29 is 23.1 Å². The quantitative estimate of drug-likeness (QED) is 0.694. The maximum absolute atomic E-state index is 14.4. The smallest absolute Gasteiger partial charge is 0.251 e. The van der Waals surface area contributed by atoms with Crippen molar-refractivity contribution in [3.8, 4) is 5.75 Å². The van der Waals surface area contributed by atoms with E-state index in [1.54, 1.807) is 0 Å². The second-order valence-electron chi connectivity index (χ2n) is 5.04. The van der Waals surface area contributed by atoms with Crippen LogP contribution in [-0.4, -0.2) is 28.8 Å². The van der Waals surface area contributed by atoms with Gasteiger partial charge in [0.25, 0.3) is 5.91 Å². The number of nitrogens with zero attached hydrogens (tertiary/aromatic N) is 1. The number of rotatable bonds is 4. The van der Waals surface area contributed by atoms with Crippen molar-refractivity contribution in [3.63, 3.8) is 0 Å². The number of primary amides is 1. The number of carbonyl (C=O) groups excluding carboxylic acids is 2. The fourth-order valence-electron chi connectivity index (χ4n) is 2.45. The first kappa shape index (κ1) is 16.8. The van der Waals surface area contributed by atoms with Crippen LogP contribution in [0.1, 0.15) is 26.3 Å².